The van der Waals surface area contributed by atoms with Gasteiger partial charge in [0.15, 0.2) is 0 Å². The summed E-state index contributed by atoms with van der Waals surface area (Å²) in [4.78, 5) is 13.0. The summed E-state index contributed by atoms with van der Waals surface area (Å²) >= 11 is 6.01. The molecule has 19 heavy (non-hydrogen) atoms. The van der Waals surface area contributed by atoms with Crippen LogP contribution in [-0.2, 0) is 5.54 Å². The maximum atomic E-state index is 11.6. The predicted molar refractivity (Wildman–Crippen MR) is 75.4 cm³/mol. The van der Waals surface area contributed by atoms with Gasteiger partial charge in [0.1, 0.15) is 0 Å². The van der Waals surface area contributed by atoms with Gasteiger partial charge in [-0.25, -0.2) is 4.79 Å². The number of nitrogens with two attached hydrogens (primary N) is 1. The first kappa shape index (κ1) is 14.2. The number of hydrogen-bond donors (Lipinski definition) is 2. The van der Waals surface area contributed by atoms with Crippen LogP contribution in [0.2, 0.25) is 5.02 Å². The van der Waals surface area contributed by atoms with Gasteiger partial charge in [0.2, 0.25) is 0 Å². The molecule has 0 aromatic heterocycles. The fourth-order valence-electron chi connectivity index (χ4n) is 2.42. The van der Waals surface area contributed by atoms with Crippen LogP contribution in [0.5, 0.6) is 0 Å². The molecule has 0 radical (unpaired) electrons. The van der Waals surface area contributed by atoms with E-state index in [1.165, 1.54) is 4.90 Å². The van der Waals surface area contributed by atoms with E-state index < -0.39 is 17.2 Å². The zero-order valence-corrected chi connectivity index (χ0v) is 11.9. The molecule has 4 nitrogen and oxygen atoms in total. The Hall–Kier alpha value is -1.26. The van der Waals surface area contributed by atoms with Crippen molar-refractivity contribution < 1.29 is 9.90 Å². The van der Waals surface area contributed by atoms with Gasteiger partial charge in [-0.3, -0.25) is 4.90 Å². The molecule has 0 spiro atoms. The Labute approximate surface area is 118 Å². The summed E-state index contributed by atoms with van der Waals surface area (Å²) in [5, 5.41) is 10.1. The Morgan fingerprint density at radius 1 is 1.53 bits per heavy atom. The highest BCUT2D eigenvalue weighted by atomic mass is 35.5. The number of nitrogens with zero attached hydrogens (tertiary/aromatic N) is 1. The van der Waals surface area contributed by atoms with Crippen molar-refractivity contribution >= 4 is 17.7 Å². The topological polar surface area (TPSA) is 66.6 Å². The van der Waals surface area contributed by atoms with Gasteiger partial charge in [0.05, 0.1) is 5.54 Å². The van der Waals surface area contributed by atoms with E-state index in [0.29, 0.717) is 11.6 Å². The summed E-state index contributed by atoms with van der Waals surface area (Å²) in [5.74, 6) is 0. The van der Waals surface area contributed by atoms with Crippen LogP contribution in [0.25, 0.3) is 0 Å². The highest BCUT2D eigenvalue weighted by Crippen LogP contribution is 2.51. The lowest BCUT2D eigenvalue weighted by atomic mass is 9.99. The fourth-order valence-corrected chi connectivity index (χ4v) is 2.61. The highest BCUT2D eigenvalue weighted by Gasteiger charge is 2.52. The van der Waals surface area contributed by atoms with Crippen molar-refractivity contribution in [2.45, 2.75) is 37.8 Å². The van der Waals surface area contributed by atoms with E-state index in [1.54, 1.807) is 6.07 Å². The fraction of sp³-hybridized carbons (Fsp3) is 0.500. The lowest BCUT2D eigenvalue weighted by molar-refractivity contribution is 0.104. The molecule has 5 heteroatoms. The molecule has 0 aliphatic heterocycles. The number of amides is 1. The van der Waals surface area contributed by atoms with Gasteiger partial charge < -0.3 is 10.8 Å². The Morgan fingerprint density at radius 3 is 2.58 bits per heavy atom. The quantitative estimate of drug-likeness (QED) is 0.892. The monoisotopic (exact) mass is 282 g/mol. The van der Waals surface area contributed by atoms with Crippen LogP contribution in [0.4, 0.5) is 4.79 Å². The summed E-state index contributed by atoms with van der Waals surface area (Å²) in [6, 6.07) is 7.41. The third-order valence-corrected chi connectivity index (χ3v) is 3.63. The van der Waals surface area contributed by atoms with Crippen LogP contribution >= 0.6 is 11.6 Å². The smallest absolute Gasteiger partial charge is 0.408 e. The second-order valence-corrected chi connectivity index (χ2v) is 6.34. The molecule has 1 aromatic rings. The maximum Gasteiger partial charge on any atom is 0.408 e. The molecule has 0 atom stereocenters. The minimum absolute atomic E-state index is 0.300. The number of carbonyl (C=O) groups is 1. The van der Waals surface area contributed by atoms with E-state index in [4.69, 9.17) is 17.3 Å². The molecule has 2 rings (SSSR count). The average molecular weight is 283 g/mol. The van der Waals surface area contributed by atoms with Crippen molar-refractivity contribution in [2.75, 3.05) is 6.54 Å². The van der Waals surface area contributed by atoms with Gasteiger partial charge in [0.25, 0.3) is 0 Å². The van der Waals surface area contributed by atoms with E-state index in [2.05, 4.69) is 0 Å². The Kier molecular flexibility index (Phi) is 3.49. The molecule has 1 saturated carbocycles. The molecule has 0 bridgehead atoms. The van der Waals surface area contributed by atoms with Crippen LogP contribution in [0.1, 0.15) is 32.3 Å². The van der Waals surface area contributed by atoms with E-state index in [9.17, 15) is 9.90 Å². The van der Waals surface area contributed by atoms with Gasteiger partial charge in [-0.1, -0.05) is 23.7 Å². The second-order valence-electron chi connectivity index (χ2n) is 5.90. The number of halogens is 1. The average Bonchev–Trinajstić information content (AvgIpc) is 3.05. The van der Waals surface area contributed by atoms with Crippen LogP contribution < -0.4 is 5.73 Å². The molecule has 104 valence electrons. The number of hydrogen-bond acceptors (Lipinski definition) is 2. The van der Waals surface area contributed by atoms with Crippen molar-refractivity contribution in [3.8, 4) is 0 Å². The number of carboxylic acid groups (broad SMARTS) is 1. The number of rotatable bonds is 4. The van der Waals surface area contributed by atoms with Crippen LogP contribution in [-0.4, -0.2) is 28.2 Å². The molecule has 0 heterocycles. The van der Waals surface area contributed by atoms with Crippen molar-refractivity contribution in [3.05, 3.63) is 34.9 Å². The summed E-state index contributed by atoms with van der Waals surface area (Å²) in [6.45, 7) is 3.96. The zero-order valence-electron chi connectivity index (χ0n) is 11.2. The Balaban J connectivity index is 2.33. The molecule has 1 amide bonds. The summed E-state index contributed by atoms with van der Waals surface area (Å²) in [7, 11) is 0. The molecular formula is C14H19ClN2O2. The highest BCUT2D eigenvalue weighted by molar-refractivity contribution is 6.30. The molecule has 1 aromatic carbocycles. The molecule has 1 aliphatic rings. The summed E-state index contributed by atoms with van der Waals surface area (Å²) in [6.07, 6.45) is 0.696. The van der Waals surface area contributed by atoms with Crippen molar-refractivity contribution in [1.82, 2.24) is 4.90 Å². The maximum absolute atomic E-state index is 11.6. The largest absolute Gasteiger partial charge is 0.465 e. The molecule has 0 unspecified atom stereocenters. The molecular weight excluding hydrogens is 264 g/mol. The van der Waals surface area contributed by atoms with Crippen molar-refractivity contribution in [1.29, 1.82) is 0 Å². The van der Waals surface area contributed by atoms with Crippen LogP contribution in [0.15, 0.2) is 24.3 Å². The van der Waals surface area contributed by atoms with Gasteiger partial charge in [-0.2, -0.15) is 0 Å². The van der Waals surface area contributed by atoms with E-state index in [-0.39, 0.29) is 0 Å². The summed E-state index contributed by atoms with van der Waals surface area (Å²) < 4.78 is 0. The van der Waals surface area contributed by atoms with Crippen molar-refractivity contribution in [2.24, 2.45) is 5.73 Å². The molecule has 3 N–H and O–H groups in total. The normalized spacial score (nSPS) is 17.1. The molecule has 1 aliphatic carbocycles. The summed E-state index contributed by atoms with van der Waals surface area (Å²) in [5.41, 5.74) is 5.91. The first-order chi connectivity index (χ1) is 8.74. The minimum atomic E-state index is -0.934. The van der Waals surface area contributed by atoms with Gasteiger partial charge in [0, 0.05) is 17.1 Å². The zero-order chi connectivity index (χ0) is 14.3. The SMILES string of the molecule is CC(C)(N)CN(C(=O)O)C1(c2cccc(Cl)c2)CC1. The van der Waals surface area contributed by atoms with E-state index in [0.717, 1.165) is 18.4 Å². The predicted octanol–water partition coefficient (Wildman–Crippen LogP) is 3.05. The Morgan fingerprint density at radius 2 is 2.16 bits per heavy atom. The van der Waals surface area contributed by atoms with Gasteiger partial charge in [-0.05, 0) is 44.4 Å². The minimum Gasteiger partial charge on any atom is -0.465 e. The van der Waals surface area contributed by atoms with E-state index in [1.807, 2.05) is 32.0 Å². The first-order valence-electron chi connectivity index (χ1n) is 6.30. The lowest BCUT2D eigenvalue weighted by Crippen LogP contribution is -2.51. The lowest BCUT2D eigenvalue weighted by Gasteiger charge is -2.35. The van der Waals surface area contributed by atoms with Crippen LogP contribution in [0, 0.1) is 0 Å². The van der Waals surface area contributed by atoms with Gasteiger partial charge >= 0.3 is 6.09 Å². The standard InChI is InChI=1S/C14H19ClN2O2/c1-13(2,16)9-17(12(18)19)14(6-7-14)10-4-3-5-11(15)8-10/h3-5,8H,6-7,9,16H2,1-2H3,(H,18,19). The first-order valence-corrected chi connectivity index (χ1v) is 6.68. The molecule has 1 fully saturated rings. The van der Waals surface area contributed by atoms with Gasteiger partial charge in [-0.15, -0.1) is 0 Å². The molecule has 0 saturated heterocycles. The third-order valence-electron chi connectivity index (χ3n) is 3.40. The second kappa shape index (κ2) is 4.69. The number of benzene rings is 1. The Bertz CT molecular complexity index is 492. The van der Waals surface area contributed by atoms with Crippen LogP contribution in [0.3, 0.4) is 0 Å². The third kappa shape index (κ3) is 3.01. The van der Waals surface area contributed by atoms with Crippen molar-refractivity contribution in [3.63, 3.8) is 0 Å². The van der Waals surface area contributed by atoms with E-state index >= 15 is 0 Å².